The summed E-state index contributed by atoms with van der Waals surface area (Å²) in [5.41, 5.74) is 4.07. The van der Waals surface area contributed by atoms with Gasteiger partial charge in [0.05, 0.1) is 6.61 Å². The molecule has 3 rings (SSSR count). The van der Waals surface area contributed by atoms with Gasteiger partial charge in [-0.25, -0.2) is 0 Å². The molecule has 0 aliphatic heterocycles. The van der Waals surface area contributed by atoms with Crippen molar-refractivity contribution in [3.05, 3.63) is 35.1 Å². The summed E-state index contributed by atoms with van der Waals surface area (Å²) in [6.45, 7) is 8.40. The molecular weight excluding hydrogens is 314 g/mol. The van der Waals surface area contributed by atoms with Crippen molar-refractivity contribution in [1.29, 1.82) is 0 Å². The molecule has 2 aromatic rings. The molecule has 1 aromatic heterocycles. The second-order valence-electron chi connectivity index (χ2n) is 6.98. The van der Waals surface area contributed by atoms with Gasteiger partial charge in [0.15, 0.2) is 0 Å². The molecule has 4 heteroatoms. The molecule has 1 aromatic carbocycles. The number of furan rings is 1. The molecule has 134 valence electrons. The van der Waals surface area contributed by atoms with E-state index in [2.05, 4.69) is 11.4 Å². The van der Waals surface area contributed by atoms with Crippen LogP contribution >= 0.6 is 0 Å². The van der Waals surface area contributed by atoms with Crippen molar-refractivity contribution in [3.63, 3.8) is 0 Å². The monoisotopic (exact) mass is 341 g/mol. The van der Waals surface area contributed by atoms with Gasteiger partial charge in [-0.15, -0.1) is 0 Å². The summed E-state index contributed by atoms with van der Waals surface area (Å²) in [4.78, 5) is 12.1. The summed E-state index contributed by atoms with van der Waals surface area (Å²) >= 11 is 0. The van der Waals surface area contributed by atoms with Crippen LogP contribution in [0, 0.1) is 0 Å². The fraction of sp³-hybridized carbons (Fsp3) is 0.476. The van der Waals surface area contributed by atoms with Crippen LogP contribution in [0.4, 0.5) is 0 Å². The third-order valence-corrected chi connectivity index (χ3v) is 4.56. The molecule has 0 fully saturated rings. The highest BCUT2D eigenvalue weighted by Gasteiger charge is 2.20. The van der Waals surface area contributed by atoms with Crippen LogP contribution in [0.15, 0.2) is 22.6 Å². The number of nitrogens with one attached hydrogen (secondary N) is 1. The Morgan fingerprint density at radius 3 is 2.80 bits per heavy atom. The van der Waals surface area contributed by atoms with Gasteiger partial charge in [-0.05, 0) is 58.6 Å². The molecule has 0 saturated carbocycles. The maximum Gasteiger partial charge on any atom is 0.244 e. The van der Waals surface area contributed by atoms with E-state index in [-0.39, 0.29) is 11.9 Å². The van der Waals surface area contributed by atoms with E-state index in [9.17, 15) is 4.79 Å². The zero-order valence-corrected chi connectivity index (χ0v) is 15.6. The first kappa shape index (κ1) is 17.6. The average molecular weight is 341 g/mol. The Morgan fingerprint density at radius 2 is 2.08 bits per heavy atom. The number of carbonyl (C=O) groups is 1. The predicted molar refractivity (Wildman–Crippen MR) is 101 cm³/mol. The highest BCUT2D eigenvalue weighted by molar-refractivity contribution is 5.97. The van der Waals surface area contributed by atoms with Gasteiger partial charge in [0.2, 0.25) is 5.91 Å². The molecule has 25 heavy (non-hydrogen) atoms. The third kappa shape index (κ3) is 3.73. The van der Waals surface area contributed by atoms with Gasteiger partial charge in [-0.1, -0.05) is 0 Å². The number of carbonyl (C=O) groups excluding carboxylic acids is 1. The van der Waals surface area contributed by atoms with Gasteiger partial charge in [0.1, 0.15) is 17.1 Å². The first-order valence-corrected chi connectivity index (χ1v) is 9.19. The summed E-state index contributed by atoms with van der Waals surface area (Å²) in [6.07, 6.45) is 6.11. The Kier molecular flexibility index (Phi) is 5.16. The number of hydrogen-bond donors (Lipinski definition) is 1. The number of aryl methyl sites for hydroxylation is 2. The maximum absolute atomic E-state index is 12.1. The molecule has 0 spiro atoms. The Labute approximate surface area is 149 Å². The van der Waals surface area contributed by atoms with Crippen molar-refractivity contribution in [3.8, 4) is 5.75 Å². The van der Waals surface area contributed by atoms with Gasteiger partial charge in [-0.2, -0.15) is 0 Å². The summed E-state index contributed by atoms with van der Waals surface area (Å²) in [5.74, 6) is 1.80. The zero-order chi connectivity index (χ0) is 18.0. The molecule has 0 atom stereocenters. The van der Waals surface area contributed by atoms with E-state index < -0.39 is 0 Å². The van der Waals surface area contributed by atoms with Crippen LogP contribution < -0.4 is 10.1 Å². The van der Waals surface area contributed by atoms with Crippen molar-refractivity contribution in [2.24, 2.45) is 0 Å². The van der Waals surface area contributed by atoms with Crippen molar-refractivity contribution in [2.45, 2.75) is 59.4 Å². The van der Waals surface area contributed by atoms with E-state index in [4.69, 9.17) is 9.15 Å². The lowest BCUT2D eigenvalue weighted by Crippen LogP contribution is -2.28. The topological polar surface area (TPSA) is 51.5 Å². The molecule has 1 aliphatic rings. The highest BCUT2D eigenvalue weighted by Crippen LogP contribution is 2.38. The smallest absolute Gasteiger partial charge is 0.244 e. The molecule has 1 aliphatic carbocycles. The Hall–Kier alpha value is -2.23. The number of amides is 1. The first-order valence-electron chi connectivity index (χ1n) is 9.19. The third-order valence-electron chi connectivity index (χ3n) is 4.56. The summed E-state index contributed by atoms with van der Waals surface area (Å²) in [5, 5.41) is 4.06. The van der Waals surface area contributed by atoms with E-state index in [1.54, 1.807) is 6.08 Å². The first-order chi connectivity index (χ1) is 12.0. The van der Waals surface area contributed by atoms with Crippen LogP contribution in [0.5, 0.6) is 5.75 Å². The molecule has 1 amide bonds. The van der Waals surface area contributed by atoms with Gasteiger partial charge in [0, 0.05) is 41.1 Å². The minimum atomic E-state index is -0.0794. The lowest BCUT2D eigenvalue weighted by molar-refractivity contribution is -0.116. The summed E-state index contributed by atoms with van der Waals surface area (Å²) < 4.78 is 11.9. The van der Waals surface area contributed by atoms with E-state index in [1.165, 1.54) is 18.4 Å². The minimum absolute atomic E-state index is 0.0794. The number of hydrogen-bond acceptors (Lipinski definition) is 3. The molecule has 0 unspecified atom stereocenters. The lowest BCUT2D eigenvalue weighted by atomic mass is 9.94. The van der Waals surface area contributed by atoms with Crippen molar-refractivity contribution in [1.82, 2.24) is 5.32 Å². The van der Waals surface area contributed by atoms with E-state index in [0.29, 0.717) is 6.61 Å². The van der Waals surface area contributed by atoms with E-state index in [1.807, 2.05) is 33.8 Å². The van der Waals surface area contributed by atoms with Gasteiger partial charge < -0.3 is 14.5 Å². The standard InChI is InChI=1S/C21H27NO3/c1-5-24-19-12-20-17(15-8-6-7-9-18(15)25-20)11-16(19)14(4)10-21(23)22-13(2)3/h10-13H,5-9H2,1-4H3,(H,22,23)/b14-10+. The maximum atomic E-state index is 12.1. The van der Waals surface area contributed by atoms with Crippen molar-refractivity contribution >= 4 is 22.4 Å². The van der Waals surface area contributed by atoms with Crippen molar-refractivity contribution in [2.75, 3.05) is 6.61 Å². The molecule has 0 radical (unpaired) electrons. The summed E-state index contributed by atoms with van der Waals surface area (Å²) in [7, 11) is 0. The molecule has 1 heterocycles. The van der Waals surface area contributed by atoms with E-state index in [0.717, 1.165) is 46.5 Å². The van der Waals surface area contributed by atoms with Crippen LogP contribution in [0.2, 0.25) is 0 Å². The van der Waals surface area contributed by atoms with Crippen LogP contribution in [-0.4, -0.2) is 18.6 Å². The van der Waals surface area contributed by atoms with Crippen LogP contribution in [0.3, 0.4) is 0 Å². The average Bonchev–Trinajstić information content (AvgIpc) is 2.91. The fourth-order valence-electron chi connectivity index (χ4n) is 3.47. The second-order valence-corrected chi connectivity index (χ2v) is 6.98. The quantitative estimate of drug-likeness (QED) is 0.806. The second kappa shape index (κ2) is 7.34. The van der Waals surface area contributed by atoms with Crippen LogP contribution in [0.25, 0.3) is 16.5 Å². The van der Waals surface area contributed by atoms with Crippen LogP contribution in [-0.2, 0) is 17.6 Å². The number of allylic oxidation sites excluding steroid dienone is 1. The van der Waals surface area contributed by atoms with Gasteiger partial charge in [-0.3, -0.25) is 4.79 Å². The Morgan fingerprint density at radius 1 is 1.32 bits per heavy atom. The van der Waals surface area contributed by atoms with Crippen molar-refractivity contribution < 1.29 is 13.9 Å². The lowest BCUT2D eigenvalue weighted by Gasteiger charge is -2.12. The zero-order valence-electron chi connectivity index (χ0n) is 15.6. The van der Waals surface area contributed by atoms with Gasteiger partial charge in [0.25, 0.3) is 0 Å². The normalized spacial score (nSPS) is 14.7. The molecular formula is C21H27NO3. The molecule has 4 nitrogen and oxygen atoms in total. The fourth-order valence-corrected chi connectivity index (χ4v) is 3.47. The SMILES string of the molecule is CCOc1cc2oc3c(c2cc1/C(C)=C/C(=O)NC(C)C)CCCC3. The van der Waals surface area contributed by atoms with Crippen LogP contribution in [0.1, 0.15) is 57.4 Å². The molecule has 0 saturated heterocycles. The highest BCUT2D eigenvalue weighted by atomic mass is 16.5. The number of rotatable bonds is 5. The number of fused-ring (bicyclic) bond motifs is 3. The molecule has 1 N–H and O–H groups in total. The van der Waals surface area contributed by atoms with Gasteiger partial charge >= 0.3 is 0 Å². The Balaban J connectivity index is 2.06. The number of ether oxygens (including phenoxy) is 1. The van der Waals surface area contributed by atoms with E-state index >= 15 is 0 Å². The number of benzene rings is 1. The molecule has 0 bridgehead atoms. The largest absolute Gasteiger partial charge is 0.493 e. The summed E-state index contributed by atoms with van der Waals surface area (Å²) in [6, 6.07) is 4.22. The predicted octanol–water partition coefficient (Wildman–Crippen LogP) is 4.64. The minimum Gasteiger partial charge on any atom is -0.493 e. The Bertz CT molecular complexity index is 814.